The summed E-state index contributed by atoms with van der Waals surface area (Å²) in [5.41, 5.74) is 8.55. The zero-order valence-corrected chi connectivity index (χ0v) is 14.9. The highest BCUT2D eigenvalue weighted by Crippen LogP contribution is 2.34. The molecule has 0 saturated carbocycles. The van der Waals surface area contributed by atoms with Gasteiger partial charge in [-0.25, -0.2) is 0 Å². The van der Waals surface area contributed by atoms with Crippen molar-refractivity contribution in [1.29, 1.82) is 0 Å². The third-order valence-electron chi connectivity index (χ3n) is 4.87. The minimum atomic E-state index is -0.249. The number of nitrogens with two attached hydrogens (primary N) is 1. The van der Waals surface area contributed by atoms with E-state index in [1.165, 1.54) is 4.90 Å². The van der Waals surface area contributed by atoms with Gasteiger partial charge in [-0.05, 0) is 36.7 Å². The third kappa shape index (κ3) is 3.06. The first-order chi connectivity index (χ1) is 13.2. The summed E-state index contributed by atoms with van der Waals surface area (Å²) in [5, 5.41) is 4.98. The Balaban J connectivity index is 1.76. The molecule has 0 atom stereocenters. The second-order valence-electron chi connectivity index (χ2n) is 6.64. The Labute approximate surface area is 157 Å². The van der Waals surface area contributed by atoms with Gasteiger partial charge in [0.25, 0.3) is 11.8 Å². The molecule has 3 N–H and O–H groups in total. The molecule has 1 aliphatic rings. The monoisotopic (exact) mass is 359 g/mol. The first-order valence-electron chi connectivity index (χ1n) is 9.10. The lowest BCUT2D eigenvalue weighted by molar-refractivity contribution is 0.0598. The maximum absolute atomic E-state index is 13.1. The number of imide groups is 1. The van der Waals surface area contributed by atoms with Crippen LogP contribution >= 0.6 is 0 Å². The van der Waals surface area contributed by atoms with Gasteiger partial charge in [-0.3, -0.25) is 14.5 Å². The van der Waals surface area contributed by atoms with Crippen LogP contribution < -0.4 is 11.1 Å². The van der Waals surface area contributed by atoms with Gasteiger partial charge >= 0.3 is 0 Å². The molecule has 0 unspecified atom stereocenters. The number of hydrogen-bond donors (Lipinski definition) is 2. The molecule has 0 aromatic heterocycles. The first kappa shape index (κ1) is 17.2. The maximum Gasteiger partial charge on any atom is 0.261 e. The number of amides is 2. The van der Waals surface area contributed by atoms with Crippen molar-refractivity contribution in [2.45, 2.75) is 13.0 Å². The van der Waals surface area contributed by atoms with E-state index in [1.54, 1.807) is 6.07 Å². The van der Waals surface area contributed by atoms with E-state index >= 15 is 0 Å². The van der Waals surface area contributed by atoms with Crippen LogP contribution in [0, 0.1) is 0 Å². The summed E-state index contributed by atoms with van der Waals surface area (Å²) in [6.45, 7) is 1.63. The molecule has 0 bridgehead atoms. The average molecular weight is 359 g/mol. The van der Waals surface area contributed by atoms with Gasteiger partial charge in [0.05, 0.1) is 6.54 Å². The summed E-state index contributed by atoms with van der Waals surface area (Å²) in [6.07, 6.45) is 0.853. The molecule has 3 aromatic carbocycles. The van der Waals surface area contributed by atoms with E-state index in [9.17, 15) is 9.59 Å². The molecule has 0 radical (unpaired) electrons. The quantitative estimate of drug-likeness (QED) is 0.522. The summed E-state index contributed by atoms with van der Waals surface area (Å²) < 4.78 is 0. The number of carbonyl (C=O) groups is 2. The Morgan fingerprint density at radius 2 is 1.59 bits per heavy atom. The molecule has 1 aliphatic heterocycles. The number of anilines is 1. The highest BCUT2D eigenvalue weighted by atomic mass is 16.2. The molecule has 0 fully saturated rings. The van der Waals surface area contributed by atoms with E-state index in [0.29, 0.717) is 17.7 Å². The molecular formula is C22H21N3O2. The van der Waals surface area contributed by atoms with Crippen LogP contribution in [0.5, 0.6) is 0 Å². The third-order valence-corrected chi connectivity index (χ3v) is 4.87. The molecule has 27 heavy (non-hydrogen) atoms. The Bertz CT molecular complexity index is 992. The van der Waals surface area contributed by atoms with Crippen LogP contribution in [0.2, 0.25) is 0 Å². The summed E-state index contributed by atoms with van der Waals surface area (Å²) in [7, 11) is 0. The molecule has 2 amide bonds. The smallest absolute Gasteiger partial charge is 0.261 e. The van der Waals surface area contributed by atoms with Crippen molar-refractivity contribution in [2.24, 2.45) is 5.73 Å². The lowest BCUT2D eigenvalue weighted by Crippen LogP contribution is -2.39. The van der Waals surface area contributed by atoms with Gasteiger partial charge in [-0.2, -0.15) is 0 Å². The summed E-state index contributed by atoms with van der Waals surface area (Å²) in [6, 6.07) is 18.9. The number of nitrogens with one attached hydrogen (secondary N) is 1. The van der Waals surface area contributed by atoms with Gasteiger partial charge in [0.15, 0.2) is 0 Å². The van der Waals surface area contributed by atoms with Crippen molar-refractivity contribution in [3.8, 4) is 0 Å². The number of hydrogen-bond acceptors (Lipinski definition) is 4. The van der Waals surface area contributed by atoms with Gasteiger partial charge in [0.2, 0.25) is 0 Å². The summed E-state index contributed by atoms with van der Waals surface area (Å²) in [5.74, 6) is -0.498. The number of benzene rings is 3. The molecule has 136 valence electrons. The molecule has 5 nitrogen and oxygen atoms in total. The highest BCUT2D eigenvalue weighted by Gasteiger charge is 2.33. The van der Waals surface area contributed by atoms with E-state index in [-0.39, 0.29) is 18.4 Å². The van der Waals surface area contributed by atoms with E-state index in [1.807, 2.05) is 54.6 Å². The van der Waals surface area contributed by atoms with Crippen LogP contribution in [0.15, 0.2) is 60.7 Å². The first-order valence-corrected chi connectivity index (χ1v) is 9.10. The second kappa shape index (κ2) is 7.21. The van der Waals surface area contributed by atoms with E-state index in [4.69, 9.17) is 5.73 Å². The van der Waals surface area contributed by atoms with Crippen molar-refractivity contribution in [2.75, 3.05) is 18.4 Å². The summed E-state index contributed by atoms with van der Waals surface area (Å²) >= 11 is 0. The fourth-order valence-electron chi connectivity index (χ4n) is 3.54. The van der Waals surface area contributed by atoms with Crippen molar-refractivity contribution in [3.63, 3.8) is 0 Å². The number of carbonyl (C=O) groups excluding carboxylic acids is 2. The van der Waals surface area contributed by atoms with Gasteiger partial charge in [0, 0.05) is 34.1 Å². The van der Waals surface area contributed by atoms with Crippen LogP contribution in [-0.4, -0.2) is 29.8 Å². The number of nitrogens with zero attached hydrogens (tertiary/aromatic N) is 1. The van der Waals surface area contributed by atoms with Crippen LogP contribution in [-0.2, 0) is 6.54 Å². The van der Waals surface area contributed by atoms with Crippen molar-refractivity contribution < 1.29 is 9.59 Å². The maximum atomic E-state index is 13.1. The van der Waals surface area contributed by atoms with Gasteiger partial charge < -0.3 is 11.1 Å². The fourth-order valence-corrected chi connectivity index (χ4v) is 3.54. The number of rotatable bonds is 6. The van der Waals surface area contributed by atoms with Gasteiger partial charge in [0.1, 0.15) is 0 Å². The normalized spacial score (nSPS) is 13.3. The van der Waals surface area contributed by atoms with Crippen LogP contribution in [0.25, 0.3) is 10.8 Å². The fraction of sp³-hybridized carbons (Fsp3) is 0.182. The topological polar surface area (TPSA) is 75.4 Å². The van der Waals surface area contributed by atoms with Crippen molar-refractivity contribution >= 4 is 28.3 Å². The Morgan fingerprint density at radius 3 is 2.33 bits per heavy atom. The predicted octanol–water partition coefficient (Wildman–Crippen LogP) is 3.40. The zero-order valence-electron chi connectivity index (χ0n) is 14.9. The molecule has 3 aromatic rings. The molecule has 0 aliphatic carbocycles. The predicted molar refractivity (Wildman–Crippen MR) is 107 cm³/mol. The molecular weight excluding hydrogens is 338 g/mol. The minimum absolute atomic E-state index is 0.249. The van der Waals surface area contributed by atoms with Crippen molar-refractivity contribution in [3.05, 3.63) is 77.4 Å². The average Bonchev–Trinajstić information content (AvgIpc) is 2.71. The largest absolute Gasteiger partial charge is 0.384 e. The lowest BCUT2D eigenvalue weighted by atomic mass is 9.92. The minimum Gasteiger partial charge on any atom is -0.384 e. The van der Waals surface area contributed by atoms with E-state index in [0.717, 1.165) is 35.0 Å². The molecule has 0 saturated heterocycles. The Kier molecular flexibility index (Phi) is 4.60. The van der Waals surface area contributed by atoms with Gasteiger partial charge in [-0.1, -0.05) is 42.5 Å². The molecule has 5 heteroatoms. The van der Waals surface area contributed by atoms with E-state index in [2.05, 4.69) is 5.32 Å². The standard InChI is InChI=1S/C22H21N3O2/c23-12-5-13-24-19-11-10-18-20-16(19)8-4-9-17(20)21(26)25(22(18)27)14-15-6-2-1-3-7-15/h1-4,6-11,24H,5,12-14,23H2. The molecule has 0 spiro atoms. The summed E-state index contributed by atoms with van der Waals surface area (Å²) in [4.78, 5) is 27.4. The molecule has 1 heterocycles. The second-order valence-corrected chi connectivity index (χ2v) is 6.64. The Hall–Kier alpha value is -3.18. The van der Waals surface area contributed by atoms with Crippen LogP contribution in [0.4, 0.5) is 5.69 Å². The van der Waals surface area contributed by atoms with Gasteiger partial charge in [-0.15, -0.1) is 0 Å². The highest BCUT2D eigenvalue weighted by molar-refractivity contribution is 6.26. The van der Waals surface area contributed by atoms with E-state index < -0.39 is 0 Å². The van der Waals surface area contributed by atoms with Crippen LogP contribution in [0.1, 0.15) is 32.7 Å². The Morgan fingerprint density at radius 1 is 0.852 bits per heavy atom. The lowest BCUT2D eigenvalue weighted by Gasteiger charge is -2.28. The SMILES string of the molecule is NCCCNc1ccc2c3c(cccc13)C(=O)N(Cc1ccccc1)C2=O. The zero-order chi connectivity index (χ0) is 18.8. The van der Waals surface area contributed by atoms with Crippen LogP contribution in [0.3, 0.4) is 0 Å². The molecule has 4 rings (SSSR count). The van der Waals surface area contributed by atoms with Crippen molar-refractivity contribution in [1.82, 2.24) is 4.90 Å².